The van der Waals surface area contributed by atoms with Gasteiger partial charge in [0.2, 0.25) is 15.9 Å². The molecule has 0 aliphatic carbocycles. The second-order valence-corrected chi connectivity index (χ2v) is 10.6. The molecule has 0 saturated carbocycles. The zero-order chi connectivity index (χ0) is 21.9. The molecule has 1 N–H and O–H groups in total. The zero-order valence-corrected chi connectivity index (χ0v) is 18.8. The summed E-state index contributed by atoms with van der Waals surface area (Å²) in [6.45, 7) is 6.99. The highest BCUT2D eigenvalue weighted by Gasteiger charge is 2.32. The van der Waals surface area contributed by atoms with Gasteiger partial charge in [-0.1, -0.05) is 39.0 Å². The Balaban J connectivity index is 1.65. The molecular formula is C23H30N2O4S. The minimum absolute atomic E-state index is 0.0480. The van der Waals surface area contributed by atoms with E-state index in [1.165, 1.54) is 4.31 Å². The fourth-order valence-electron chi connectivity index (χ4n) is 3.74. The van der Waals surface area contributed by atoms with E-state index in [1.54, 1.807) is 31.4 Å². The van der Waals surface area contributed by atoms with Crippen LogP contribution in [0, 0.1) is 5.92 Å². The van der Waals surface area contributed by atoms with Gasteiger partial charge in [-0.3, -0.25) is 4.79 Å². The van der Waals surface area contributed by atoms with Crippen molar-refractivity contribution in [2.24, 2.45) is 5.92 Å². The van der Waals surface area contributed by atoms with Gasteiger partial charge in [0.15, 0.2) is 0 Å². The quantitative estimate of drug-likeness (QED) is 0.777. The minimum atomic E-state index is -3.58. The maximum absolute atomic E-state index is 12.9. The lowest BCUT2D eigenvalue weighted by Crippen LogP contribution is -2.41. The number of anilines is 1. The van der Waals surface area contributed by atoms with Crippen LogP contribution in [0.3, 0.4) is 0 Å². The largest absolute Gasteiger partial charge is 0.497 e. The van der Waals surface area contributed by atoms with Crippen LogP contribution in [-0.2, 0) is 20.2 Å². The molecule has 1 amide bonds. The average Bonchev–Trinajstić information content (AvgIpc) is 2.73. The van der Waals surface area contributed by atoms with E-state index >= 15 is 0 Å². The molecule has 1 aliphatic rings. The molecule has 162 valence electrons. The first-order valence-electron chi connectivity index (χ1n) is 10.2. The van der Waals surface area contributed by atoms with Crippen LogP contribution in [0.5, 0.6) is 5.75 Å². The number of sulfonamides is 1. The van der Waals surface area contributed by atoms with Gasteiger partial charge in [0.25, 0.3) is 0 Å². The van der Waals surface area contributed by atoms with Gasteiger partial charge in [-0.15, -0.1) is 0 Å². The number of methoxy groups -OCH3 is 1. The Morgan fingerprint density at radius 1 is 1.03 bits per heavy atom. The van der Waals surface area contributed by atoms with Crippen molar-refractivity contribution in [2.75, 3.05) is 25.5 Å². The number of ether oxygens (including phenoxy) is 1. The molecule has 7 heteroatoms. The predicted octanol–water partition coefficient (Wildman–Crippen LogP) is 4.03. The highest BCUT2D eigenvalue weighted by atomic mass is 32.2. The molecule has 0 unspecified atom stereocenters. The van der Waals surface area contributed by atoms with Gasteiger partial charge in [-0.25, -0.2) is 8.42 Å². The van der Waals surface area contributed by atoms with Gasteiger partial charge in [-0.2, -0.15) is 4.31 Å². The van der Waals surface area contributed by atoms with Crippen molar-refractivity contribution in [1.29, 1.82) is 0 Å². The molecule has 0 atom stereocenters. The standard InChI is InChI=1S/C23H30N2O4S/c1-23(2,3)20-7-5-6-8-21(20)24-22(26)17-13-15-25(16-14-17)30(27,28)19-11-9-18(29-4)10-12-19/h5-12,17H,13-16H2,1-4H3,(H,24,26). The molecule has 0 aromatic heterocycles. The van der Waals surface area contributed by atoms with Crippen molar-refractivity contribution in [2.45, 2.75) is 43.9 Å². The smallest absolute Gasteiger partial charge is 0.243 e. The maximum atomic E-state index is 12.9. The SMILES string of the molecule is COc1ccc(S(=O)(=O)N2CCC(C(=O)Nc3ccccc3C(C)(C)C)CC2)cc1. The summed E-state index contributed by atoms with van der Waals surface area (Å²) in [7, 11) is -2.03. The summed E-state index contributed by atoms with van der Waals surface area (Å²) in [5, 5.41) is 3.06. The van der Waals surface area contributed by atoms with Crippen molar-refractivity contribution < 1.29 is 17.9 Å². The number of nitrogens with zero attached hydrogens (tertiary/aromatic N) is 1. The number of benzene rings is 2. The second kappa shape index (κ2) is 8.78. The third-order valence-electron chi connectivity index (χ3n) is 5.51. The molecule has 0 bridgehead atoms. The van der Waals surface area contributed by atoms with Crippen molar-refractivity contribution in [3.05, 3.63) is 54.1 Å². The number of hydrogen-bond donors (Lipinski definition) is 1. The molecular weight excluding hydrogens is 400 g/mol. The number of piperidine rings is 1. The van der Waals surface area contributed by atoms with Gasteiger partial charge in [0.1, 0.15) is 5.75 Å². The predicted molar refractivity (Wildman–Crippen MR) is 118 cm³/mol. The van der Waals surface area contributed by atoms with Crippen LogP contribution in [-0.4, -0.2) is 38.8 Å². The van der Waals surface area contributed by atoms with Crippen LogP contribution < -0.4 is 10.1 Å². The third-order valence-corrected chi connectivity index (χ3v) is 7.43. The maximum Gasteiger partial charge on any atom is 0.243 e. The number of hydrogen-bond acceptors (Lipinski definition) is 4. The highest BCUT2D eigenvalue weighted by molar-refractivity contribution is 7.89. The molecule has 1 saturated heterocycles. The molecule has 0 spiro atoms. The molecule has 30 heavy (non-hydrogen) atoms. The number of carbonyl (C=O) groups is 1. The first kappa shape index (κ1) is 22.3. The van der Waals surface area contributed by atoms with E-state index in [2.05, 4.69) is 26.1 Å². The van der Waals surface area contributed by atoms with E-state index in [0.29, 0.717) is 31.7 Å². The summed E-state index contributed by atoms with van der Waals surface area (Å²) < 4.78 is 32.3. The summed E-state index contributed by atoms with van der Waals surface area (Å²) in [5.41, 5.74) is 1.82. The molecule has 1 fully saturated rings. The number of carbonyl (C=O) groups excluding carboxylic acids is 1. The number of para-hydroxylation sites is 1. The van der Waals surface area contributed by atoms with Gasteiger partial charge in [-0.05, 0) is 54.2 Å². The first-order valence-corrected chi connectivity index (χ1v) is 11.6. The van der Waals surface area contributed by atoms with Gasteiger partial charge >= 0.3 is 0 Å². The summed E-state index contributed by atoms with van der Waals surface area (Å²) in [5.74, 6) is 0.355. The van der Waals surface area contributed by atoms with Crippen molar-refractivity contribution in [3.63, 3.8) is 0 Å². The Bertz CT molecular complexity index is 987. The Morgan fingerprint density at radius 2 is 1.63 bits per heavy atom. The average molecular weight is 431 g/mol. The number of rotatable bonds is 5. The van der Waals surface area contributed by atoms with Gasteiger partial charge < -0.3 is 10.1 Å². The minimum Gasteiger partial charge on any atom is -0.497 e. The summed E-state index contributed by atoms with van der Waals surface area (Å²) in [6.07, 6.45) is 0.998. The molecule has 0 radical (unpaired) electrons. The van der Waals surface area contributed by atoms with Crippen LogP contribution in [0.4, 0.5) is 5.69 Å². The van der Waals surface area contributed by atoms with Crippen LogP contribution in [0.2, 0.25) is 0 Å². The lowest BCUT2D eigenvalue weighted by molar-refractivity contribution is -0.120. The Hall–Kier alpha value is -2.38. The van der Waals surface area contributed by atoms with Gasteiger partial charge in [0, 0.05) is 24.7 Å². The van der Waals surface area contributed by atoms with E-state index in [0.717, 1.165) is 11.3 Å². The Labute approximate surface area is 179 Å². The molecule has 1 heterocycles. The number of nitrogens with one attached hydrogen (secondary N) is 1. The molecule has 6 nitrogen and oxygen atoms in total. The van der Waals surface area contributed by atoms with E-state index in [9.17, 15) is 13.2 Å². The fraction of sp³-hybridized carbons (Fsp3) is 0.435. The van der Waals surface area contributed by atoms with Crippen LogP contribution in [0.1, 0.15) is 39.2 Å². The molecule has 2 aromatic rings. The second-order valence-electron chi connectivity index (χ2n) is 8.64. The third kappa shape index (κ3) is 4.84. The lowest BCUT2D eigenvalue weighted by Gasteiger charge is -2.31. The van der Waals surface area contributed by atoms with E-state index in [4.69, 9.17) is 4.74 Å². The highest BCUT2D eigenvalue weighted by Crippen LogP contribution is 2.31. The van der Waals surface area contributed by atoms with E-state index < -0.39 is 10.0 Å². The Morgan fingerprint density at radius 3 is 2.20 bits per heavy atom. The normalized spacial score (nSPS) is 16.3. The van der Waals surface area contributed by atoms with Crippen molar-refractivity contribution in [3.8, 4) is 5.75 Å². The summed E-state index contributed by atoms with van der Waals surface area (Å²) in [6, 6.07) is 14.2. The first-order chi connectivity index (χ1) is 14.1. The van der Waals surface area contributed by atoms with Crippen molar-refractivity contribution in [1.82, 2.24) is 4.31 Å². The molecule has 2 aromatic carbocycles. The van der Waals surface area contributed by atoms with Gasteiger partial charge in [0.05, 0.1) is 12.0 Å². The Kier molecular flexibility index (Phi) is 6.53. The topological polar surface area (TPSA) is 75.7 Å². The lowest BCUT2D eigenvalue weighted by atomic mass is 9.85. The molecule has 1 aliphatic heterocycles. The monoisotopic (exact) mass is 430 g/mol. The van der Waals surface area contributed by atoms with E-state index in [1.807, 2.05) is 24.3 Å². The van der Waals surface area contributed by atoms with Crippen molar-refractivity contribution >= 4 is 21.6 Å². The van der Waals surface area contributed by atoms with Crippen LogP contribution in [0.25, 0.3) is 0 Å². The molecule has 3 rings (SSSR count). The summed E-state index contributed by atoms with van der Waals surface area (Å²) in [4.78, 5) is 13.1. The van der Waals surface area contributed by atoms with Crippen LogP contribution >= 0.6 is 0 Å². The van der Waals surface area contributed by atoms with E-state index in [-0.39, 0.29) is 22.1 Å². The summed E-state index contributed by atoms with van der Waals surface area (Å²) >= 11 is 0. The van der Waals surface area contributed by atoms with Crippen LogP contribution in [0.15, 0.2) is 53.4 Å². The number of amides is 1. The zero-order valence-electron chi connectivity index (χ0n) is 18.0. The fourth-order valence-corrected chi connectivity index (χ4v) is 5.21.